The summed E-state index contributed by atoms with van der Waals surface area (Å²) in [6.45, 7) is 15.4. The Morgan fingerprint density at radius 1 is 0.536 bits per heavy atom. The molecule has 0 aliphatic heterocycles. The van der Waals surface area contributed by atoms with Crippen molar-refractivity contribution < 1.29 is 5.11 Å². The standard InChI is InChI=1S/C27H32O/c1-18-12-8-10-14-21(18)26(4,5)23-16-20(3)25(28)17-24(23)27(6,7)22-15-11-9-13-19(22)2/h8-17,28H,1-7H3. The van der Waals surface area contributed by atoms with Crippen molar-refractivity contribution >= 4 is 0 Å². The summed E-state index contributed by atoms with van der Waals surface area (Å²) in [4.78, 5) is 0. The highest BCUT2D eigenvalue weighted by Crippen LogP contribution is 2.44. The summed E-state index contributed by atoms with van der Waals surface area (Å²) < 4.78 is 0. The zero-order valence-corrected chi connectivity index (χ0v) is 18.2. The predicted molar refractivity (Wildman–Crippen MR) is 119 cm³/mol. The molecule has 3 aromatic carbocycles. The van der Waals surface area contributed by atoms with Gasteiger partial charge < -0.3 is 5.11 Å². The number of benzene rings is 3. The van der Waals surface area contributed by atoms with Gasteiger partial charge in [-0.25, -0.2) is 0 Å². The highest BCUT2D eigenvalue weighted by molar-refractivity contribution is 5.55. The first-order valence-electron chi connectivity index (χ1n) is 10.0. The average Bonchev–Trinajstić information content (AvgIpc) is 2.63. The molecule has 0 aliphatic carbocycles. The maximum absolute atomic E-state index is 10.6. The number of aryl methyl sites for hydroxylation is 3. The molecule has 0 unspecified atom stereocenters. The first-order valence-corrected chi connectivity index (χ1v) is 10.0. The summed E-state index contributed by atoms with van der Waals surface area (Å²) in [5.41, 5.74) is 8.13. The third kappa shape index (κ3) is 3.35. The molecule has 1 N–H and O–H groups in total. The maximum atomic E-state index is 10.6. The minimum absolute atomic E-state index is 0.181. The first-order chi connectivity index (χ1) is 13.1. The zero-order valence-electron chi connectivity index (χ0n) is 18.2. The Labute approximate surface area is 170 Å². The summed E-state index contributed by atoms with van der Waals surface area (Å²) >= 11 is 0. The van der Waals surface area contributed by atoms with Gasteiger partial charge in [0.15, 0.2) is 0 Å². The van der Waals surface area contributed by atoms with E-state index < -0.39 is 0 Å². The van der Waals surface area contributed by atoms with Crippen molar-refractivity contribution in [3.05, 3.63) is 99.6 Å². The van der Waals surface area contributed by atoms with Crippen LogP contribution in [-0.2, 0) is 10.8 Å². The first kappa shape index (κ1) is 20.2. The average molecular weight is 373 g/mol. The smallest absolute Gasteiger partial charge is 0.118 e. The zero-order chi connectivity index (χ0) is 20.7. The molecule has 1 nitrogen and oxygen atoms in total. The van der Waals surface area contributed by atoms with Crippen LogP contribution in [0.15, 0.2) is 60.7 Å². The van der Waals surface area contributed by atoms with Crippen LogP contribution >= 0.6 is 0 Å². The van der Waals surface area contributed by atoms with Gasteiger partial charge >= 0.3 is 0 Å². The molecule has 3 aromatic rings. The third-order valence-electron chi connectivity index (χ3n) is 6.32. The maximum Gasteiger partial charge on any atom is 0.118 e. The van der Waals surface area contributed by atoms with E-state index in [1.54, 1.807) is 0 Å². The third-order valence-corrected chi connectivity index (χ3v) is 6.32. The van der Waals surface area contributed by atoms with Gasteiger partial charge in [0.1, 0.15) is 5.75 Å². The van der Waals surface area contributed by atoms with Crippen molar-refractivity contribution in [3.63, 3.8) is 0 Å². The lowest BCUT2D eigenvalue weighted by Crippen LogP contribution is -2.29. The molecule has 0 atom stereocenters. The Bertz CT molecular complexity index is 926. The molecule has 3 rings (SSSR count). The monoisotopic (exact) mass is 372 g/mol. The van der Waals surface area contributed by atoms with E-state index in [-0.39, 0.29) is 10.8 Å². The molecule has 1 heteroatoms. The van der Waals surface area contributed by atoms with Crippen LogP contribution < -0.4 is 0 Å². The van der Waals surface area contributed by atoms with E-state index in [1.807, 2.05) is 13.0 Å². The van der Waals surface area contributed by atoms with Crippen LogP contribution in [0, 0.1) is 20.8 Å². The number of phenols is 1. The lowest BCUT2D eigenvalue weighted by atomic mass is 9.67. The molecular formula is C27H32O. The summed E-state index contributed by atoms with van der Waals surface area (Å²) in [5.74, 6) is 0.362. The van der Waals surface area contributed by atoms with Gasteiger partial charge in [-0.2, -0.15) is 0 Å². The Balaban J connectivity index is 2.31. The molecule has 28 heavy (non-hydrogen) atoms. The number of rotatable bonds is 4. The Morgan fingerprint density at radius 3 is 1.36 bits per heavy atom. The van der Waals surface area contributed by atoms with Gasteiger partial charge in [-0.1, -0.05) is 82.3 Å². The van der Waals surface area contributed by atoms with Crippen molar-refractivity contribution in [2.45, 2.75) is 59.3 Å². The predicted octanol–water partition coefficient (Wildman–Crippen LogP) is 6.97. The largest absolute Gasteiger partial charge is 0.508 e. The molecule has 0 aromatic heterocycles. The normalized spacial score (nSPS) is 12.2. The van der Waals surface area contributed by atoms with Gasteiger partial charge in [0, 0.05) is 10.8 Å². The van der Waals surface area contributed by atoms with Crippen LogP contribution in [0.25, 0.3) is 0 Å². The summed E-state index contributed by atoms with van der Waals surface area (Å²) in [6.07, 6.45) is 0. The second-order valence-corrected chi connectivity index (χ2v) is 9.06. The Hall–Kier alpha value is -2.54. The second-order valence-electron chi connectivity index (χ2n) is 9.06. The second kappa shape index (κ2) is 7.13. The number of hydrogen-bond acceptors (Lipinski definition) is 1. The van der Waals surface area contributed by atoms with E-state index in [0.717, 1.165) is 5.56 Å². The fourth-order valence-corrected chi connectivity index (χ4v) is 4.57. The van der Waals surface area contributed by atoms with Gasteiger partial charge in [0.05, 0.1) is 0 Å². The van der Waals surface area contributed by atoms with Crippen molar-refractivity contribution in [2.75, 3.05) is 0 Å². The van der Waals surface area contributed by atoms with Gasteiger partial charge in [-0.05, 0) is 65.8 Å². The molecule has 146 valence electrons. The van der Waals surface area contributed by atoms with E-state index in [4.69, 9.17) is 0 Å². The van der Waals surface area contributed by atoms with Crippen LogP contribution in [0.4, 0.5) is 0 Å². The molecule has 0 heterocycles. The number of phenolic OH excluding ortho intramolecular Hbond substituents is 1. The molecule has 0 radical (unpaired) electrons. The van der Waals surface area contributed by atoms with Crippen molar-refractivity contribution in [2.24, 2.45) is 0 Å². The van der Waals surface area contributed by atoms with Crippen LogP contribution in [0.3, 0.4) is 0 Å². The molecule has 0 amide bonds. The van der Waals surface area contributed by atoms with Crippen molar-refractivity contribution in [3.8, 4) is 5.75 Å². The van der Waals surface area contributed by atoms with Crippen LogP contribution in [0.1, 0.15) is 66.6 Å². The lowest BCUT2D eigenvalue weighted by molar-refractivity contribution is 0.465. The fraction of sp³-hybridized carbons (Fsp3) is 0.333. The summed E-state index contributed by atoms with van der Waals surface area (Å²) in [5, 5.41) is 10.6. The van der Waals surface area contributed by atoms with E-state index >= 15 is 0 Å². The van der Waals surface area contributed by atoms with Crippen molar-refractivity contribution in [1.29, 1.82) is 0 Å². The summed E-state index contributed by atoms with van der Waals surface area (Å²) in [7, 11) is 0. The minimum Gasteiger partial charge on any atom is -0.508 e. The molecule has 0 saturated heterocycles. The number of aromatic hydroxyl groups is 1. The van der Waals surface area contributed by atoms with Crippen LogP contribution in [-0.4, -0.2) is 5.11 Å². The fourth-order valence-electron chi connectivity index (χ4n) is 4.57. The molecule has 0 saturated carbocycles. The topological polar surface area (TPSA) is 20.2 Å². The lowest BCUT2D eigenvalue weighted by Gasteiger charge is -2.37. The van der Waals surface area contributed by atoms with Crippen LogP contribution in [0.2, 0.25) is 0 Å². The van der Waals surface area contributed by atoms with E-state index in [2.05, 4.69) is 96.1 Å². The van der Waals surface area contributed by atoms with E-state index in [1.165, 1.54) is 33.4 Å². The van der Waals surface area contributed by atoms with Crippen LogP contribution in [0.5, 0.6) is 5.75 Å². The van der Waals surface area contributed by atoms with Gasteiger partial charge in [-0.15, -0.1) is 0 Å². The van der Waals surface area contributed by atoms with Crippen molar-refractivity contribution in [1.82, 2.24) is 0 Å². The molecular weight excluding hydrogens is 340 g/mol. The quantitative estimate of drug-likeness (QED) is 0.524. The highest BCUT2D eigenvalue weighted by atomic mass is 16.3. The van der Waals surface area contributed by atoms with Gasteiger partial charge in [-0.3, -0.25) is 0 Å². The molecule has 0 aliphatic rings. The van der Waals surface area contributed by atoms with E-state index in [0.29, 0.717) is 5.75 Å². The Morgan fingerprint density at radius 2 is 0.929 bits per heavy atom. The van der Waals surface area contributed by atoms with Gasteiger partial charge in [0.25, 0.3) is 0 Å². The van der Waals surface area contributed by atoms with E-state index in [9.17, 15) is 5.11 Å². The number of hydrogen-bond donors (Lipinski definition) is 1. The highest BCUT2D eigenvalue weighted by Gasteiger charge is 2.35. The molecule has 0 fully saturated rings. The minimum atomic E-state index is -0.230. The van der Waals surface area contributed by atoms with Gasteiger partial charge in [0.2, 0.25) is 0 Å². The Kier molecular flexibility index (Phi) is 5.14. The summed E-state index contributed by atoms with van der Waals surface area (Å²) in [6, 6.07) is 21.3. The molecule has 0 bridgehead atoms. The molecule has 0 spiro atoms. The SMILES string of the molecule is Cc1cc(C(C)(C)c2ccccc2C)c(C(C)(C)c2ccccc2C)cc1O.